The second-order valence-electron chi connectivity index (χ2n) is 9.17. The molecular weight excluding hydrogens is 590 g/mol. The molecule has 1 aliphatic carbocycles. The Morgan fingerprint density at radius 1 is 1.15 bits per heavy atom. The molecule has 4 rings (SSSR count). The molecule has 8 nitrogen and oxygen atoms in total. The van der Waals surface area contributed by atoms with E-state index in [1.54, 1.807) is 0 Å². The molecule has 1 atom stereocenters. The lowest BCUT2D eigenvalue weighted by Crippen LogP contribution is -2.54. The van der Waals surface area contributed by atoms with Crippen molar-refractivity contribution in [2.24, 2.45) is 0 Å². The molecule has 1 aromatic heterocycles. The van der Waals surface area contributed by atoms with Crippen molar-refractivity contribution in [1.29, 1.82) is 0 Å². The molecule has 2 aliphatic rings. The second kappa shape index (κ2) is 11.9. The summed E-state index contributed by atoms with van der Waals surface area (Å²) in [5.74, 6) is -2.39. The summed E-state index contributed by atoms with van der Waals surface area (Å²) in [6, 6.07) is 3.47. The molecule has 1 saturated carbocycles. The minimum absolute atomic E-state index is 0.0306. The van der Waals surface area contributed by atoms with Crippen molar-refractivity contribution < 1.29 is 45.5 Å². The number of carbonyl (C=O) groups is 3. The van der Waals surface area contributed by atoms with Gasteiger partial charge in [-0.25, -0.2) is 0 Å². The van der Waals surface area contributed by atoms with Crippen molar-refractivity contribution in [3.05, 3.63) is 45.1 Å². The molecule has 16 heteroatoms. The van der Waals surface area contributed by atoms with Crippen LogP contribution in [-0.4, -0.2) is 73.7 Å². The first-order valence-corrected chi connectivity index (χ1v) is 13.2. The van der Waals surface area contributed by atoms with E-state index in [9.17, 15) is 40.7 Å². The number of nitrogens with one attached hydrogen (secondary N) is 2. The summed E-state index contributed by atoms with van der Waals surface area (Å²) in [6.45, 7) is -2.47. The Morgan fingerprint density at radius 3 is 2.45 bits per heavy atom. The molecule has 0 radical (unpaired) electrons. The van der Waals surface area contributed by atoms with Gasteiger partial charge in [0.1, 0.15) is 12.6 Å². The lowest BCUT2D eigenvalue weighted by atomic mass is 10.1. The molecule has 1 aliphatic heterocycles. The van der Waals surface area contributed by atoms with Crippen molar-refractivity contribution in [1.82, 2.24) is 10.2 Å². The first-order valence-electron chi connectivity index (χ1n) is 12.0. The summed E-state index contributed by atoms with van der Waals surface area (Å²) in [6.07, 6.45) is -8.83. The van der Waals surface area contributed by atoms with Gasteiger partial charge < -0.3 is 20.3 Å². The summed E-state index contributed by atoms with van der Waals surface area (Å²) in [5, 5.41) is 4.69. The van der Waals surface area contributed by atoms with Gasteiger partial charge in [0.05, 0.1) is 33.6 Å². The maximum atomic E-state index is 13.9. The fourth-order valence-electron chi connectivity index (χ4n) is 4.25. The monoisotopic (exact) mass is 612 g/mol. The van der Waals surface area contributed by atoms with E-state index in [1.807, 2.05) is 0 Å². The van der Waals surface area contributed by atoms with Crippen LogP contribution < -0.4 is 15.5 Å². The number of carbonyl (C=O) groups excluding carboxylic acids is 3. The number of amides is 3. The topological polar surface area (TPSA) is 91.0 Å². The molecule has 40 heavy (non-hydrogen) atoms. The van der Waals surface area contributed by atoms with E-state index in [0.29, 0.717) is 23.2 Å². The molecule has 2 aromatic rings. The molecule has 2 heterocycles. The highest BCUT2D eigenvalue weighted by atomic mass is 35.5. The summed E-state index contributed by atoms with van der Waals surface area (Å²) >= 11 is 6.76. The molecule has 0 bridgehead atoms. The molecule has 3 amide bonds. The Hall–Kier alpha value is -2.88. The maximum absolute atomic E-state index is 13.9. The van der Waals surface area contributed by atoms with E-state index in [0.717, 1.165) is 33.3 Å². The third-order valence-electron chi connectivity index (χ3n) is 6.18. The van der Waals surface area contributed by atoms with Crippen molar-refractivity contribution in [3.8, 4) is 0 Å². The zero-order valence-electron chi connectivity index (χ0n) is 20.6. The maximum Gasteiger partial charge on any atom is 0.418 e. The molecular formula is C24H23ClF6N4O4S. The molecule has 2 fully saturated rings. The third kappa shape index (κ3) is 7.65. The summed E-state index contributed by atoms with van der Waals surface area (Å²) in [4.78, 5) is 39.9. The van der Waals surface area contributed by atoms with Gasteiger partial charge in [0.2, 0.25) is 5.91 Å². The van der Waals surface area contributed by atoms with Crippen LogP contribution in [0.4, 0.5) is 37.7 Å². The molecule has 1 saturated heterocycles. The van der Waals surface area contributed by atoms with E-state index >= 15 is 0 Å². The number of anilines is 2. The lowest BCUT2D eigenvalue weighted by Gasteiger charge is -2.32. The number of alkyl halides is 6. The number of hydrogen-bond donors (Lipinski definition) is 2. The van der Waals surface area contributed by atoms with Gasteiger partial charge in [-0.05, 0) is 43.2 Å². The van der Waals surface area contributed by atoms with Crippen LogP contribution in [0.15, 0.2) is 30.3 Å². The van der Waals surface area contributed by atoms with Crippen molar-refractivity contribution >= 4 is 52.0 Å². The zero-order chi connectivity index (χ0) is 29.2. The fraction of sp³-hybridized carbons (Fsp3) is 0.458. The van der Waals surface area contributed by atoms with Crippen molar-refractivity contribution in [2.45, 2.75) is 37.3 Å². The van der Waals surface area contributed by atoms with Gasteiger partial charge in [-0.3, -0.25) is 19.3 Å². The molecule has 0 spiro atoms. The Labute approximate surface area is 233 Å². The van der Waals surface area contributed by atoms with Crippen molar-refractivity contribution in [2.75, 3.05) is 43.1 Å². The highest BCUT2D eigenvalue weighted by molar-refractivity contribution is 7.18. The van der Waals surface area contributed by atoms with E-state index in [4.69, 9.17) is 16.3 Å². The number of thiophene rings is 1. The second-order valence-corrected chi connectivity index (χ2v) is 10.9. The van der Waals surface area contributed by atoms with Gasteiger partial charge in [0.25, 0.3) is 11.8 Å². The van der Waals surface area contributed by atoms with E-state index in [1.165, 1.54) is 12.1 Å². The Morgan fingerprint density at radius 2 is 1.88 bits per heavy atom. The normalized spacial score (nSPS) is 17.2. The third-order valence-corrected chi connectivity index (χ3v) is 7.41. The van der Waals surface area contributed by atoms with E-state index < -0.39 is 73.1 Å². The number of rotatable bonds is 9. The first-order chi connectivity index (χ1) is 18.7. The standard InChI is InChI=1S/C24H23ClF6N4O4S/c25-19-6-5-18(40-19)22(38)32-10-17(35(14-2-3-14)12-23(26,27)28)21(37)33-13-1-4-16(15(9-13)24(29,30)31)34-7-8-39-11-20(34)36/h1,4-6,9,14,17H,2-3,7-8,10-12H2,(H,32,38)(H,33,37)/t17-/m0/s1. The summed E-state index contributed by atoms with van der Waals surface area (Å²) in [5.41, 5.74) is -1.99. The quantitative estimate of drug-likeness (QED) is 0.406. The Balaban J connectivity index is 1.59. The van der Waals surface area contributed by atoms with Crippen LogP contribution in [0.25, 0.3) is 0 Å². The van der Waals surface area contributed by atoms with Crippen LogP contribution in [-0.2, 0) is 20.5 Å². The minimum atomic E-state index is -4.92. The number of morpholine rings is 1. The lowest BCUT2D eigenvalue weighted by molar-refractivity contribution is -0.155. The highest BCUT2D eigenvalue weighted by Crippen LogP contribution is 2.39. The van der Waals surface area contributed by atoms with Gasteiger partial charge >= 0.3 is 12.4 Å². The zero-order valence-corrected chi connectivity index (χ0v) is 22.1. The van der Waals surface area contributed by atoms with E-state index in [-0.39, 0.29) is 23.7 Å². The Bertz CT molecular complexity index is 1270. The molecule has 2 N–H and O–H groups in total. The van der Waals surface area contributed by atoms with Gasteiger partial charge in [-0.15, -0.1) is 11.3 Å². The number of nitrogens with zero attached hydrogens (tertiary/aromatic N) is 2. The minimum Gasteiger partial charge on any atom is -0.370 e. The Kier molecular flexibility index (Phi) is 8.97. The summed E-state index contributed by atoms with van der Waals surface area (Å²) in [7, 11) is 0. The van der Waals surface area contributed by atoms with Gasteiger partial charge in [0.15, 0.2) is 0 Å². The van der Waals surface area contributed by atoms with Crippen LogP contribution in [0.5, 0.6) is 0 Å². The molecule has 218 valence electrons. The smallest absolute Gasteiger partial charge is 0.370 e. The average molecular weight is 613 g/mol. The fourth-order valence-corrected chi connectivity index (χ4v) is 5.21. The van der Waals surface area contributed by atoms with Gasteiger partial charge in [-0.2, -0.15) is 26.3 Å². The average Bonchev–Trinajstić information content (AvgIpc) is 3.62. The van der Waals surface area contributed by atoms with Gasteiger partial charge in [-0.1, -0.05) is 11.6 Å². The van der Waals surface area contributed by atoms with E-state index in [2.05, 4.69) is 10.6 Å². The molecule has 1 aromatic carbocycles. The largest absolute Gasteiger partial charge is 0.418 e. The van der Waals surface area contributed by atoms with Gasteiger partial charge in [0, 0.05) is 24.8 Å². The van der Waals surface area contributed by atoms with Crippen molar-refractivity contribution in [3.63, 3.8) is 0 Å². The van der Waals surface area contributed by atoms with Crippen LogP contribution in [0, 0.1) is 0 Å². The summed E-state index contributed by atoms with van der Waals surface area (Å²) < 4.78 is 87.3. The number of halogens is 7. The predicted octanol–water partition coefficient (Wildman–Crippen LogP) is 4.55. The SMILES string of the molecule is O=C(NC[C@@H](C(=O)Nc1ccc(N2CCOCC2=O)c(C(F)(F)F)c1)N(CC(F)(F)F)C1CC1)c1ccc(Cl)s1. The van der Waals surface area contributed by atoms with Crippen LogP contribution in [0.2, 0.25) is 4.34 Å². The molecule has 0 unspecified atom stereocenters. The predicted molar refractivity (Wildman–Crippen MR) is 134 cm³/mol. The highest BCUT2D eigenvalue weighted by Gasteiger charge is 2.44. The first kappa shape index (κ1) is 30.1. The van der Waals surface area contributed by atoms with Crippen LogP contribution >= 0.6 is 22.9 Å². The number of benzene rings is 1. The van der Waals surface area contributed by atoms with Crippen LogP contribution in [0.1, 0.15) is 28.1 Å². The number of hydrogen-bond acceptors (Lipinski definition) is 6. The number of ether oxygens (including phenoxy) is 1. The van der Waals surface area contributed by atoms with Crippen LogP contribution in [0.3, 0.4) is 0 Å².